The van der Waals surface area contributed by atoms with Crippen molar-refractivity contribution in [3.63, 3.8) is 0 Å². The highest BCUT2D eigenvalue weighted by molar-refractivity contribution is 5.99. The van der Waals surface area contributed by atoms with Gasteiger partial charge in [0.05, 0.1) is 5.71 Å². The number of hydrogen-bond acceptors (Lipinski definition) is 3. The minimum absolute atomic E-state index is 0.0156. The number of nitrogens with zero attached hydrogens (tertiary/aromatic N) is 2. The summed E-state index contributed by atoms with van der Waals surface area (Å²) in [5, 5.41) is 15.1. The lowest BCUT2D eigenvalue weighted by Gasteiger charge is -2.22. The predicted octanol–water partition coefficient (Wildman–Crippen LogP) is 2.82. The van der Waals surface area contributed by atoms with E-state index in [1.54, 1.807) is 0 Å². The molecule has 1 aromatic carbocycles. The van der Waals surface area contributed by atoms with Gasteiger partial charge in [-0.15, -0.1) is 5.10 Å². The van der Waals surface area contributed by atoms with Crippen LogP contribution in [0.15, 0.2) is 34.5 Å². The largest absolute Gasteiger partial charge is 0.481 e. The molecule has 1 aromatic rings. The Labute approximate surface area is 137 Å². The number of rotatable bonds is 3. The molecule has 126 valence electrons. The van der Waals surface area contributed by atoms with Crippen LogP contribution in [0.2, 0.25) is 0 Å². The third kappa shape index (κ3) is 7.44. The highest BCUT2D eigenvalue weighted by atomic mass is 16.4. The molecule has 0 unspecified atom stereocenters. The maximum Gasteiger partial charge on any atom is 0.300 e. The number of carbonyl (C=O) groups is 1. The van der Waals surface area contributed by atoms with E-state index in [4.69, 9.17) is 21.4 Å². The predicted molar refractivity (Wildman–Crippen MR) is 93.6 cm³/mol. The Bertz CT molecular complexity index is 550. The van der Waals surface area contributed by atoms with Crippen molar-refractivity contribution in [3.8, 4) is 0 Å². The first-order valence-electron chi connectivity index (χ1n) is 7.83. The van der Waals surface area contributed by atoms with Gasteiger partial charge in [-0.1, -0.05) is 43.5 Å². The minimum Gasteiger partial charge on any atom is -0.481 e. The van der Waals surface area contributed by atoms with Gasteiger partial charge in [-0.3, -0.25) is 4.79 Å². The summed E-state index contributed by atoms with van der Waals surface area (Å²) in [7, 11) is 0. The van der Waals surface area contributed by atoms with Crippen LogP contribution in [0.1, 0.15) is 63.0 Å². The Kier molecular flexibility index (Phi) is 7.80. The first kappa shape index (κ1) is 18.7. The Hall–Kier alpha value is -2.37. The van der Waals surface area contributed by atoms with E-state index in [1.165, 1.54) is 37.7 Å². The fraction of sp³-hybridized carbons (Fsp3) is 0.471. The molecule has 1 aliphatic carbocycles. The van der Waals surface area contributed by atoms with Gasteiger partial charge in [-0.2, -0.15) is 5.10 Å². The number of nitrogens with two attached hydrogens (primary N) is 2. The summed E-state index contributed by atoms with van der Waals surface area (Å²) in [6.45, 7) is 2.99. The molecule has 1 saturated carbocycles. The molecule has 0 spiro atoms. The van der Waals surface area contributed by atoms with Gasteiger partial charge in [0.2, 0.25) is 5.96 Å². The number of guanidine groups is 1. The van der Waals surface area contributed by atoms with Gasteiger partial charge in [-0.05, 0) is 36.8 Å². The molecule has 0 amide bonds. The van der Waals surface area contributed by atoms with E-state index in [9.17, 15) is 0 Å². The van der Waals surface area contributed by atoms with Gasteiger partial charge in [0, 0.05) is 6.92 Å². The zero-order chi connectivity index (χ0) is 17.2. The number of carboxylic acid groups (broad SMARTS) is 1. The molecule has 6 nitrogen and oxygen atoms in total. The first-order chi connectivity index (χ1) is 10.9. The van der Waals surface area contributed by atoms with Gasteiger partial charge in [0.15, 0.2) is 0 Å². The molecule has 0 aliphatic heterocycles. The van der Waals surface area contributed by atoms with Gasteiger partial charge in [0.25, 0.3) is 5.97 Å². The average molecular weight is 318 g/mol. The summed E-state index contributed by atoms with van der Waals surface area (Å²) in [4.78, 5) is 9.00. The number of carboxylic acids is 1. The van der Waals surface area contributed by atoms with E-state index in [0.717, 1.165) is 24.1 Å². The van der Waals surface area contributed by atoms with Crippen LogP contribution in [0, 0.1) is 0 Å². The summed E-state index contributed by atoms with van der Waals surface area (Å²) in [5.74, 6) is -0.115. The van der Waals surface area contributed by atoms with Crippen molar-refractivity contribution in [1.82, 2.24) is 0 Å². The van der Waals surface area contributed by atoms with E-state index < -0.39 is 5.97 Å². The molecule has 0 heterocycles. The Morgan fingerprint density at radius 2 is 1.57 bits per heavy atom. The number of benzene rings is 1. The maximum absolute atomic E-state index is 9.00. The molecule has 1 fully saturated rings. The normalized spacial score (nSPS) is 15.3. The summed E-state index contributed by atoms with van der Waals surface area (Å²) < 4.78 is 0. The summed E-state index contributed by atoms with van der Waals surface area (Å²) >= 11 is 0. The Morgan fingerprint density at radius 1 is 1.04 bits per heavy atom. The van der Waals surface area contributed by atoms with Crippen molar-refractivity contribution in [2.24, 2.45) is 21.7 Å². The maximum atomic E-state index is 9.00. The van der Waals surface area contributed by atoms with E-state index in [2.05, 4.69) is 34.5 Å². The third-order valence-corrected chi connectivity index (χ3v) is 3.72. The monoisotopic (exact) mass is 318 g/mol. The Balaban J connectivity index is 0.000000593. The standard InChI is InChI=1S/C15H22N4.C2H4O2/c1-11(18-19-15(16)17)12-7-9-14(10-8-12)13-5-3-2-4-6-13;1-2(3)4/h7-10,13H,2-6H2,1H3,(H4,16,17,19);1H3,(H,3,4)/b18-11+;. The van der Waals surface area contributed by atoms with E-state index in [0.29, 0.717) is 0 Å². The molecule has 0 bridgehead atoms. The SMILES string of the molecule is C/C(=N\N=C(N)N)c1ccc(C2CCCCC2)cc1.CC(=O)O. The molecular formula is C17H26N4O2. The topological polar surface area (TPSA) is 114 Å². The van der Waals surface area contributed by atoms with E-state index in [1.807, 2.05) is 6.92 Å². The molecular weight excluding hydrogens is 292 g/mol. The lowest BCUT2D eigenvalue weighted by Crippen LogP contribution is -2.22. The van der Waals surface area contributed by atoms with Crippen LogP contribution in [-0.4, -0.2) is 22.7 Å². The van der Waals surface area contributed by atoms with Crippen molar-refractivity contribution in [1.29, 1.82) is 0 Å². The molecule has 0 saturated heterocycles. The molecule has 1 aliphatic rings. The summed E-state index contributed by atoms with van der Waals surface area (Å²) in [6, 6.07) is 8.62. The molecule has 6 heteroatoms. The van der Waals surface area contributed by atoms with Crippen LogP contribution < -0.4 is 11.5 Å². The second-order valence-corrected chi connectivity index (χ2v) is 5.69. The van der Waals surface area contributed by atoms with Gasteiger partial charge in [-0.25, -0.2) is 0 Å². The summed E-state index contributed by atoms with van der Waals surface area (Å²) in [5.41, 5.74) is 13.8. The van der Waals surface area contributed by atoms with Crippen molar-refractivity contribution in [2.75, 3.05) is 0 Å². The van der Waals surface area contributed by atoms with Gasteiger partial charge >= 0.3 is 0 Å². The first-order valence-corrected chi connectivity index (χ1v) is 7.83. The van der Waals surface area contributed by atoms with Crippen LogP contribution >= 0.6 is 0 Å². The fourth-order valence-electron chi connectivity index (χ4n) is 2.62. The molecule has 0 atom stereocenters. The Morgan fingerprint density at radius 3 is 2.04 bits per heavy atom. The van der Waals surface area contributed by atoms with Crippen LogP contribution in [0.4, 0.5) is 0 Å². The van der Waals surface area contributed by atoms with E-state index >= 15 is 0 Å². The highest BCUT2D eigenvalue weighted by Crippen LogP contribution is 2.32. The molecule has 0 aromatic heterocycles. The van der Waals surface area contributed by atoms with Gasteiger partial charge < -0.3 is 16.6 Å². The second-order valence-electron chi connectivity index (χ2n) is 5.69. The summed E-state index contributed by atoms with van der Waals surface area (Å²) in [6.07, 6.45) is 6.74. The molecule has 5 N–H and O–H groups in total. The minimum atomic E-state index is -0.833. The van der Waals surface area contributed by atoms with Crippen molar-refractivity contribution >= 4 is 17.6 Å². The average Bonchev–Trinajstić information content (AvgIpc) is 2.53. The lowest BCUT2D eigenvalue weighted by molar-refractivity contribution is -0.134. The smallest absolute Gasteiger partial charge is 0.300 e. The zero-order valence-corrected chi connectivity index (χ0v) is 13.8. The number of hydrogen-bond donors (Lipinski definition) is 3. The van der Waals surface area contributed by atoms with Crippen LogP contribution in [0.5, 0.6) is 0 Å². The lowest BCUT2D eigenvalue weighted by atomic mass is 9.84. The number of aliphatic carboxylic acids is 1. The van der Waals surface area contributed by atoms with E-state index in [-0.39, 0.29) is 5.96 Å². The quantitative estimate of drug-likeness (QED) is 0.451. The van der Waals surface area contributed by atoms with Crippen LogP contribution in [0.3, 0.4) is 0 Å². The van der Waals surface area contributed by atoms with Gasteiger partial charge in [0.1, 0.15) is 0 Å². The zero-order valence-electron chi connectivity index (χ0n) is 13.8. The molecule has 0 radical (unpaired) electrons. The van der Waals surface area contributed by atoms with Crippen molar-refractivity contribution in [2.45, 2.75) is 51.9 Å². The fourth-order valence-corrected chi connectivity index (χ4v) is 2.62. The van der Waals surface area contributed by atoms with Crippen molar-refractivity contribution < 1.29 is 9.90 Å². The second kappa shape index (κ2) is 9.61. The van der Waals surface area contributed by atoms with Crippen LogP contribution in [0.25, 0.3) is 0 Å². The van der Waals surface area contributed by atoms with Crippen LogP contribution in [-0.2, 0) is 4.79 Å². The molecule has 23 heavy (non-hydrogen) atoms. The molecule has 2 rings (SSSR count). The van der Waals surface area contributed by atoms with Crippen molar-refractivity contribution in [3.05, 3.63) is 35.4 Å². The highest BCUT2D eigenvalue weighted by Gasteiger charge is 2.15. The third-order valence-electron chi connectivity index (χ3n) is 3.72.